The lowest BCUT2D eigenvalue weighted by molar-refractivity contribution is -0.119. The SMILES string of the molecule is CC(=O)C(Cc1cc(F)ccc1F)NC(=O)OC(C)(C)C. The van der Waals surface area contributed by atoms with E-state index in [4.69, 9.17) is 4.74 Å². The fourth-order valence-corrected chi connectivity index (χ4v) is 1.67. The number of carbonyl (C=O) groups is 2. The van der Waals surface area contributed by atoms with Crippen molar-refractivity contribution in [3.8, 4) is 0 Å². The van der Waals surface area contributed by atoms with Crippen LogP contribution in [0.4, 0.5) is 13.6 Å². The number of amides is 1. The highest BCUT2D eigenvalue weighted by molar-refractivity contribution is 5.85. The molecule has 0 spiro atoms. The summed E-state index contributed by atoms with van der Waals surface area (Å²) in [6, 6.07) is 2.00. The topological polar surface area (TPSA) is 55.4 Å². The number of halogens is 2. The average molecular weight is 299 g/mol. The zero-order chi connectivity index (χ0) is 16.2. The third-order valence-corrected chi connectivity index (χ3v) is 2.61. The Bertz CT molecular complexity index is 538. The Morgan fingerprint density at radius 3 is 2.43 bits per heavy atom. The quantitative estimate of drug-likeness (QED) is 0.930. The van der Waals surface area contributed by atoms with E-state index in [-0.39, 0.29) is 17.8 Å². The molecule has 1 rings (SSSR count). The normalized spacial score (nSPS) is 12.7. The van der Waals surface area contributed by atoms with Crippen LogP contribution >= 0.6 is 0 Å². The Morgan fingerprint density at radius 2 is 1.90 bits per heavy atom. The molecule has 6 heteroatoms. The van der Waals surface area contributed by atoms with Gasteiger partial charge >= 0.3 is 6.09 Å². The van der Waals surface area contributed by atoms with Gasteiger partial charge in [0, 0.05) is 6.42 Å². The first kappa shape index (κ1) is 17.1. The third kappa shape index (κ3) is 5.89. The van der Waals surface area contributed by atoms with Gasteiger partial charge in [0.1, 0.15) is 17.2 Å². The lowest BCUT2D eigenvalue weighted by atomic mass is 10.0. The van der Waals surface area contributed by atoms with Gasteiger partial charge < -0.3 is 10.1 Å². The van der Waals surface area contributed by atoms with E-state index in [0.29, 0.717) is 0 Å². The van der Waals surface area contributed by atoms with Crippen LogP contribution in [-0.2, 0) is 16.0 Å². The summed E-state index contributed by atoms with van der Waals surface area (Å²) in [7, 11) is 0. The van der Waals surface area contributed by atoms with Crippen molar-refractivity contribution in [1.29, 1.82) is 0 Å². The first-order valence-corrected chi connectivity index (χ1v) is 6.52. The predicted molar refractivity (Wildman–Crippen MR) is 73.9 cm³/mol. The molecule has 0 saturated carbocycles. The molecule has 0 aliphatic heterocycles. The molecular weight excluding hydrogens is 280 g/mol. The predicted octanol–water partition coefficient (Wildman–Crippen LogP) is 2.99. The van der Waals surface area contributed by atoms with Crippen LogP contribution in [0, 0.1) is 11.6 Å². The molecular formula is C15H19F2NO3. The van der Waals surface area contributed by atoms with Crippen molar-refractivity contribution in [2.75, 3.05) is 0 Å². The van der Waals surface area contributed by atoms with Gasteiger partial charge in [-0.2, -0.15) is 0 Å². The zero-order valence-electron chi connectivity index (χ0n) is 12.5. The van der Waals surface area contributed by atoms with E-state index < -0.39 is 29.4 Å². The van der Waals surface area contributed by atoms with Gasteiger partial charge in [-0.15, -0.1) is 0 Å². The molecule has 0 saturated heterocycles. The summed E-state index contributed by atoms with van der Waals surface area (Å²) in [5, 5.41) is 2.37. The lowest BCUT2D eigenvalue weighted by Crippen LogP contribution is -2.44. The summed E-state index contributed by atoms with van der Waals surface area (Å²) in [6.07, 6.45) is -0.919. The highest BCUT2D eigenvalue weighted by atomic mass is 19.1. The second-order valence-electron chi connectivity index (χ2n) is 5.75. The minimum atomic E-state index is -0.976. The molecule has 1 aromatic carbocycles. The van der Waals surface area contributed by atoms with Crippen LogP contribution in [0.1, 0.15) is 33.3 Å². The number of ether oxygens (including phenoxy) is 1. The fraction of sp³-hybridized carbons (Fsp3) is 0.467. The molecule has 4 nitrogen and oxygen atoms in total. The summed E-state index contributed by atoms with van der Waals surface area (Å²) in [5.74, 6) is -1.61. The van der Waals surface area contributed by atoms with Gasteiger partial charge in [-0.25, -0.2) is 13.6 Å². The monoisotopic (exact) mass is 299 g/mol. The molecule has 0 aliphatic carbocycles. The van der Waals surface area contributed by atoms with E-state index in [2.05, 4.69) is 5.32 Å². The Labute approximate surface area is 122 Å². The Hall–Kier alpha value is -1.98. The van der Waals surface area contributed by atoms with E-state index in [9.17, 15) is 18.4 Å². The number of benzene rings is 1. The molecule has 1 atom stereocenters. The van der Waals surface area contributed by atoms with E-state index in [1.807, 2.05) is 0 Å². The van der Waals surface area contributed by atoms with Crippen molar-refractivity contribution in [3.05, 3.63) is 35.4 Å². The molecule has 1 amide bonds. The number of carbonyl (C=O) groups excluding carboxylic acids is 2. The molecule has 0 bridgehead atoms. The summed E-state index contributed by atoms with van der Waals surface area (Å²) < 4.78 is 31.7. The van der Waals surface area contributed by atoms with Crippen LogP contribution in [0.5, 0.6) is 0 Å². The molecule has 1 N–H and O–H groups in total. The van der Waals surface area contributed by atoms with Gasteiger partial charge in [-0.05, 0) is 51.5 Å². The van der Waals surface area contributed by atoms with Crippen molar-refractivity contribution in [2.45, 2.75) is 45.8 Å². The molecule has 1 unspecified atom stereocenters. The summed E-state index contributed by atoms with van der Waals surface area (Å²) in [6.45, 7) is 6.31. The minimum Gasteiger partial charge on any atom is -0.444 e. The summed E-state index contributed by atoms with van der Waals surface area (Å²) >= 11 is 0. The summed E-state index contributed by atoms with van der Waals surface area (Å²) in [4.78, 5) is 23.2. The zero-order valence-corrected chi connectivity index (χ0v) is 12.5. The number of hydrogen-bond donors (Lipinski definition) is 1. The Balaban J connectivity index is 2.81. The van der Waals surface area contributed by atoms with E-state index in [1.54, 1.807) is 20.8 Å². The van der Waals surface area contributed by atoms with Crippen molar-refractivity contribution in [1.82, 2.24) is 5.32 Å². The highest BCUT2D eigenvalue weighted by Gasteiger charge is 2.23. The van der Waals surface area contributed by atoms with Crippen LogP contribution < -0.4 is 5.32 Å². The lowest BCUT2D eigenvalue weighted by Gasteiger charge is -2.22. The van der Waals surface area contributed by atoms with Crippen LogP contribution in [0.2, 0.25) is 0 Å². The second-order valence-corrected chi connectivity index (χ2v) is 5.75. The Kier molecular flexibility index (Phi) is 5.41. The van der Waals surface area contributed by atoms with Crippen molar-refractivity contribution >= 4 is 11.9 Å². The van der Waals surface area contributed by atoms with E-state index in [0.717, 1.165) is 18.2 Å². The fourth-order valence-electron chi connectivity index (χ4n) is 1.67. The number of alkyl carbamates (subject to hydrolysis) is 1. The van der Waals surface area contributed by atoms with Crippen molar-refractivity contribution in [2.24, 2.45) is 0 Å². The van der Waals surface area contributed by atoms with Crippen LogP contribution in [0.15, 0.2) is 18.2 Å². The van der Waals surface area contributed by atoms with Crippen LogP contribution in [0.25, 0.3) is 0 Å². The van der Waals surface area contributed by atoms with Crippen molar-refractivity contribution < 1.29 is 23.1 Å². The molecule has 0 aliphatic rings. The van der Waals surface area contributed by atoms with Gasteiger partial charge in [-0.3, -0.25) is 4.79 Å². The van der Waals surface area contributed by atoms with Gasteiger partial charge in [0.25, 0.3) is 0 Å². The first-order chi connectivity index (χ1) is 9.58. The molecule has 0 heterocycles. The maximum absolute atomic E-state index is 13.6. The minimum absolute atomic E-state index is 0.0197. The largest absolute Gasteiger partial charge is 0.444 e. The van der Waals surface area contributed by atoms with Gasteiger partial charge in [0.05, 0.1) is 6.04 Å². The second kappa shape index (κ2) is 6.65. The van der Waals surface area contributed by atoms with E-state index >= 15 is 0 Å². The average Bonchev–Trinajstić information content (AvgIpc) is 2.30. The number of nitrogens with one attached hydrogen (secondary N) is 1. The number of rotatable bonds is 4. The Morgan fingerprint density at radius 1 is 1.29 bits per heavy atom. The van der Waals surface area contributed by atoms with Crippen LogP contribution in [-0.4, -0.2) is 23.5 Å². The highest BCUT2D eigenvalue weighted by Crippen LogP contribution is 2.13. The standard InChI is InChI=1S/C15H19F2NO3/c1-9(19)13(18-14(20)21-15(2,3)4)8-10-7-11(16)5-6-12(10)17/h5-7,13H,8H2,1-4H3,(H,18,20). The molecule has 1 aromatic rings. The number of hydrogen-bond acceptors (Lipinski definition) is 3. The summed E-state index contributed by atoms with van der Waals surface area (Å²) in [5.41, 5.74) is -0.693. The molecule has 0 fully saturated rings. The maximum atomic E-state index is 13.6. The molecule has 0 radical (unpaired) electrons. The molecule has 21 heavy (non-hydrogen) atoms. The number of Topliss-reactive ketones (excluding diaryl/α,β-unsaturated/α-hetero) is 1. The van der Waals surface area contributed by atoms with E-state index in [1.165, 1.54) is 6.92 Å². The van der Waals surface area contributed by atoms with Gasteiger partial charge in [0.15, 0.2) is 5.78 Å². The third-order valence-electron chi connectivity index (χ3n) is 2.61. The maximum Gasteiger partial charge on any atom is 0.408 e. The molecule has 0 aromatic heterocycles. The molecule has 116 valence electrons. The van der Waals surface area contributed by atoms with Crippen LogP contribution in [0.3, 0.4) is 0 Å². The van der Waals surface area contributed by atoms with Crippen molar-refractivity contribution in [3.63, 3.8) is 0 Å². The first-order valence-electron chi connectivity index (χ1n) is 6.52. The van der Waals surface area contributed by atoms with Gasteiger partial charge in [0.2, 0.25) is 0 Å². The smallest absolute Gasteiger partial charge is 0.408 e. The number of ketones is 1. The van der Waals surface area contributed by atoms with Gasteiger partial charge in [-0.1, -0.05) is 0 Å².